The van der Waals surface area contributed by atoms with E-state index in [4.69, 9.17) is 4.42 Å². The molecule has 0 spiro atoms. The number of benzene rings is 2. The third kappa shape index (κ3) is 2.69. The van der Waals surface area contributed by atoms with E-state index in [1.165, 1.54) is 5.56 Å². The molecule has 0 saturated heterocycles. The zero-order valence-electron chi connectivity index (χ0n) is 13.5. The van der Waals surface area contributed by atoms with Crippen LogP contribution < -0.4 is 4.72 Å². The fourth-order valence-corrected chi connectivity index (χ4v) is 4.40. The van der Waals surface area contributed by atoms with Crippen LogP contribution >= 0.6 is 0 Å². The average molecular weight is 341 g/mol. The van der Waals surface area contributed by atoms with Crippen molar-refractivity contribution in [1.29, 1.82) is 0 Å². The van der Waals surface area contributed by atoms with Gasteiger partial charge in [-0.25, -0.2) is 8.42 Å². The second-order valence-electron chi connectivity index (χ2n) is 6.48. The molecule has 1 unspecified atom stereocenters. The van der Waals surface area contributed by atoms with Crippen LogP contribution in [0.25, 0.3) is 11.0 Å². The van der Waals surface area contributed by atoms with Gasteiger partial charge in [-0.2, -0.15) is 0 Å². The summed E-state index contributed by atoms with van der Waals surface area (Å²) in [7, 11) is -3.58. The minimum atomic E-state index is -3.58. The quantitative estimate of drug-likeness (QED) is 0.770. The molecule has 1 aliphatic carbocycles. The fourth-order valence-electron chi connectivity index (χ4n) is 3.33. The number of furan rings is 1. The van der Waals surface area contributed by atoms with Gasteiger partial charge in [0.1, 0.15) is 11.3 Å². The van der Waals surface area contributed by atoms with Gasteiger partial charge in [0.15, 0.2) is 0 Å². The lowest BCUT2D eigenvalue weighted by molar-refractivity contribution is 0.438. The molecule has 1 aliphatic rings. The Labute approximate surface area is 141 Å². The van der Waals surface area contributed by atoms with Crippen molar-refractivity contribution in [3.8, 4) is 0 Å². The van der Waals surface area contributed by atoms with E-state index < -0.39 is 10.0 Å². The van der Waals surface area contributed by atoms with E-state index in [2.05, 4.69) is 11.6 Å². The lowest BCUT2D eigenvalue weighted by Crippen LogP contribution is -2.12. The lowest BCUT2D eigenvalue weighted by atomic mass is 9.88. The molecule has 0 aliphatic heterocycles. The van der Waals surface area contributed by atoms with E-state index in [9.17, 15) is 8.42 Å². The topological polar surface area (TPSA) is 59.3 Å². The van der Waals surface area contributed by atoms with Crippen LogP contribution in [-0.2, 0) is 22.9 Å². The minimum Gasteiger partial charge on any atom is -0.461 e. The van der Waals surface area contributed by atoms with Gasteiger partial charge < -0.3 is 4.42 Å². The van der Waals surface area contributed by atoms with Crippen molar-refractivity contribution in [2.24, 2.45) is 5.92 Å². The number of nitrogens with one attached hydrogen (secondary N) is 1. The maximum absolute atomic E-state index is 12.5. The summed E-state index contributed by atoms with van der Waals surface area (Å²) in [6, 6.07) is 13.9. The summed E-state index contributed by atoms with van der Waals surface area (Å²) in [4.78, 5) is 0.257. The smallest absolute Gasteiger partial charge is 0.261 e. The number of rotatable bonds is 3. The van der Waals surface area contributed by atoms with Crippen molar-refractivity contribution in [3.05, 3.63) is 59.9 Å². The molecule has 1 aromatic heterocycles. The summed E-state index contributed by atoms with van der Waals surface area (Å²) in [5.74, 6) is 1.68. The number of hydrogen-bond donors (Lipinski definition) is 1. The molecule has 1 N–H and O–H groups in total. The zero-order valence-corrected chi connectivity index (χ0v) is 14.3. The number of sulfonamides is 1. The largest absolute Gasteiger partial charge is 0.461 e. The number of aryl methyl sites for hydroxylation is 1. The molecular formula is C19H19NO3S. The zero-order chi connectivity index (χ0) is 16.7. The Morgan fingerprint density at radius 2 is 1.92 bits per heavy atom. The first kappa shape index (κ1) is 15.3. The monoisotopic (exact) mass is 341 g/mol. The molecule has 2 aromatic carbocycles. The highest BCUT2D eigenvalue weighted by atomic mass is 32.2. The summed E-state index contributed by atoms with van der Waals surface area (Å²) in [6.45, 7) is 2.24. The predicted molar refractivity (Wildman–Crippen MR) is 94.7 cm³/mol. The van der Waals surface area contributed by atoms with Gasteiger partial charge in [0.25, 0.3) is 10.0 Å². The van der Waals surface area contributed by atoms with Crippen LogP contribution in [0.4, 0.5) is 5.69 Å². The molecule has 4 rings (SSSR count). The number of anilines is 1. The highest BCUT2D eigenvalue weighted by molar-refractivity contribution is 7.92. The van der Waals surface area contributed by atoms with E-state index in [1.807, 2.05) is 12.1 Å². The highest BCUT2D eigenvalue weighted by Gasteiger charge is 2.22. The summed E-state index contributed by atoms with van der Waals surface area (Å²) < 4.78 is 33.6. The maximum Gasteiger partial charge on any atom is 0.261 e. The van der Waals surface area contributed by atoms with Gasteiger partial charge in [-0.3, -0.25) is 4.72 Å². The van der Waals surface area contributed by atoms with E-state index in [1.54, 1.807) is 36.4 Å². The van der Waals surface area contributed by atoms with Crippen LogP contribution in [0, 0.1) is 5.92 Å². The summed E-state index contributed by atoms with van der Waals surface area (Å²) in [5, 5.41) is 1.02. The van der Waals surface area contributed by atoms with Crippen LogP contribution in [0.15, 0.2) is 57.8 Å². The Bertz CT molecular complexity index is 990. The molecule has 0 amide bonds. The predicted octanol–water partition coefficient (Wildman–Crippen LogP) is 4.36. The van der Waals surface area contributed by atoms with Gasteiger partial charge in [0.05, 0.1) is 4.90 Å². The molecule has 0 saturated carbocycles. The first-order valence-corrected chi connectivity index (χ1v) is 9.63. The summed E-state index contributed by atoms with van der Waals surface area (Å²) in [6.07, 6.45) is 3.08. The number of fused-ring (bicyclic) bond motifs is 3. The van der Waals surface area contributed by atoms with Crippen LogP contribution in [0.5, 0.6) is 0 Å². The summed E-state index contributed by atoms with van der Waals surface area (Å²) >= 11 is 0. The molecule has 1 atom stereocenters. The normalized spacial score (nSPS) is 17.6. The van der Waals surface area contributed by atoms with Crippen molar-refractivity contribution in [2.75, 3.05) is 4.72 Å². The first-order valence-electron chi connectivity index (χ1n) is 8.15. The van der Waals surface area contributed by atoms with Gasteiger partial charge in [-0.05, 0) is 49.1 Å². The molecule has 3 aromatic rings. The van der Waals surface area contributed by atoms with Gasteiger partial charge in [0.2, 0.25) is 0 Å². The average Bonchev–Trinajstić information content (AvgIpc) is 2.93. The lowest BCUT2D eigenvalue weighted by Gasteiger charge is -2.16. The van der Waals surface area contributed by atoms with Crippen molar-refractivity contribution in [3.63, 3.8) is 0 Å². The standard InChI is InChI=1S/C19H19NO3S/c1-13-7-9-18-16(11-13)17-12-14(8-10-19(17)23-18)20-24(21,22)15-5-3-2-4-6-15/h2-6,8,10,12-13,20H,7,9,11H2,1H3. The summed E-state index contributed by atoms with van der Waals surface area (Å²) in [5.41, 5.74) is 2.62. The Morgan fingerprint density at radius 3 is 2.71 bits per heavy atom. The Kier molecular flexibility index (Phi) is 3.61. The molecule has 0 fully saturated rings. The Morgan fingerprint density at radius 1 is 1.12 bits per heavy atom. The molecule has 4 nitrogen and oxygen atoms in total. The minimum absolute atomic E-state index is 0.257. The van der Waals surface area contributed by atoms with E-state index in [-0.39, 0.29) is 4.90 Å². The van der Waals surface area contributed by atoms with Crippen LogP contribution in [0.2, 0.25) is 0 Å². The fraction of sp³-hybridized carbons (Fsp3) is 0.263. The van der Waals surface area contributed by atoms with Gasteiger partial charge in [-0.1, -0.05) is 25.1 Å². The number of hydrogen-bond acceptors (Lipinski definition) is 3. The van der Waals surface area contributed by atoms with Crippen LogP contribution in [0.1, 0.15) is 24.7 Å². The Balaban J connectivity index is 1.72. The molecule has 24 heavy (non-hydrogen) atoms. The Hall–Kier alpha value is -2.27. The second-order valence-corrected chi connectivity index (χ2v) is 8.16. The van der Waals surface area contributed by atoms with E-state index >= 15 is 0 Å². The van der Waals surface area contributed by atoms with Gasteiger partial charge >= 0.3 is 0 Å². The van der Waals surface area contributed by atoms with E-state index in [0.717, 1.165) is 36.0 Å². The van der Waals surface area contributed by atoms with Crippen LogP contribution in [-0.4, -0.2) is 8.42 Å². The van der Waals surface area contributed by atoms with Gasteiger partial charge in [-0.15, -0.1) is 0 Å². The SMILES string of the molecule is CC1CCc2oc3ccc(NS(=O)(=O)c4ccccc4)cc3c2C1. The van der Waals surface area contributed by atoms with Gasteiger partial charge in [0, 0.05) is 23.1 Å². The van der Waals surface area contributed by atoms with Crippen molar-refractivity contribution in [2.45, 2.75) is 31.1 Å². The first-order chi connectivity index (χ1) is 11.5. The second kappa shape index (κ2) is 5.67. The highest BCUT2D eigenvalue weighted by Crippen LogP contribution is 2.35. The molecule has 124 valence electrons. The maximum atomic E-state index is 12.5. The molecule has 5 heteroatoms. The third-order valence-corrected chi connectivity index (χ3v) is 5.99. The third-order valence-electron chi connectivity index (χ3n) is 4.60. The van der Waals surface area contributed by atoms with E-state index in [0.29, 0.717) is 11.6 Å². The molecule has 1 heterocycles. The van der Waals surface area contributed by atoms with Crippen molar-refractivity contribution >= 4 is 26.7 Å². The molecular weight excluding hydrogens is 322 g/mol. The molecule has 0 radical (unpaired) electrons. The molecule has 0 bridgehead atoms. The van der Waals surface area contributed by atoms with Crippen LogP contribution in [0.3, 0.4) is 0 Å². The van der Waals surface area contributed by atoms with Crippen molar-refractivity contribution < 1.29 is 12.8 Å². The van der Waals surface area contributed by atoms with Crippen molar-refractivity contribution in [1.82, 2.24) is 0 Å².